The maximum absolute atomic E-state index is 12.2. The largest absolute Gasteiger partial charge is 0.397 e. The minimum Gasteiger partial charge on any atom is -0.397 e. The van der Waals surface area contributed by atoms with Crippen molar-refractivity contribution in [2.45, 2.75) is 26.3 Å². The van der Waals surface area contributed by atoms with Gasteiger partial charge < -0.3 is 15.6 Å². The molecule has 1 aromatic carbocycles. The van der Waals surface area contributed by atoms with Gasteiger partial charge in [0.25, 0.3) is 5.91 Å². The molecule has 0 bridgehead atoms. The molecule has 0 atom stereocenters. The number of halogens is 1. The highest BCUT2D eigenvalue weighted by atomic mass is 35.5. The molecule has 0 radical (unpaired) electrons. The summed E-state index contributed by atoms with van der Waals surface area (Å²) in [4.78, 5) is 12.2. The molecule has 2 rings (SSSR count). The lowest BCUT2D eigenvalue weighted by Gasteiger charge is -2.08. The molecule has 4 nitrogen and oxygen atoms in total. The summed E-state index contributed by atoms with van der Waals surface area (Å²) in [6, 6.07) is 9.35. The predicted octanol–water partition coefficient (Wildman–Crippen LogP) is 3.11. The molecule has 0 aliphatic heterocycles. The van der Waals surface area contributed by atoms with E-state index in [1.807, 2.05) is 28.8 Å². The molecule has 0 spiro atoms. The van der Waals surface area contributed by atoms with Crippen LogP contribution in [0.5, 0.6) is 0 Å². The average molecular weight is 306 g/mol. The summed E-state index contributed by atoms with van der Waals surface area (Å²) in [6.07, 6.45) is 3.53. The summed E-state index contributed by atoms with van der Waals surface area (Å²) in [5.74, 6) is -0.0888. The van der Waals surface area contributed by atoms with Gasteiger partial charge in [-0.15, -0.1) is 0 Å². The summed E-state index contributed by atoms with van der Waals surface area (Å²) in [5.41, 5.74) is 8.14. The molecular formula is C16H20ClN3O. The van der Waals surface area contributed by atoms with Gasteiger partial charge in [-0.3, -0.25) is 4.79 Å². The highest BCUT2D eigenvalue weighted by molar-refractivity contribution is 6.30. The lowest BCUT2D eigenvalue weighted by Crippen LogP contribution is -2.27. The molecular weight excluding hydrogens is 286 g/mol. The lowest BCUT2D eigenvalue weighted by atomic mass is 10.1. The fourth-order valence-corrected chi connectivity index (χ4v) is 2.34. The number of nitrogens with one attached hydrogen (secondary N) is 1. The molecule has 0 saturated carbocycles. The van der Waals surface area contributed by atoms with Gasteiger partial charge in [-0.1, -0.05) is 30.7 Å². The van der Waals surface area contributed by atoms with Crippen LogP contribution in [0.1, 0.15) is 29.4 Å². The van der Waals surface area contributed by atoms with E-state index in [4.69, 9.17) is 17.3 Å². The maximum atomic E-state index is 12.2. The second-order valence-corrected chi connectivity index (χ2v) is 5.42. The van der Waals surface area contributed by atoms with E-state index in [9.17, 15) is 4.79 Å². The fraction of sp³-hybridized carbons (Fsp3) is 0.312. The number of anilines is 1. The molecule has 1 aromatic heterocycles. The van der Waals surface area contributed by atoms with Crippen LogP contribution in [-0.4, -0.2) is 17.0 Å². The first-order valence-electron chi connectivity index (χ1n) is 7.08. The smallest absolute Gasteiger partial charge is 0.267 e. The first kappa shape index (κ1) is 15.4. The summed E-state index contributed by atoms with van der Waals surface area (Å²) in [5, 5.41) is 3.64. The fourth-order valence-electron chi connectivity index (χ4n) is 2.21. The van der Waals surface area contributed by atoms with E-state index in [1.165, 1.54) is 0 Å². The summed E-state index contributed by atoms with van der Waals surface area (Å²) >= 11 is 5.84. The van der Waals surface area contributed by atoms with Gasteiger partial charge in [0.1, 0.15) is 5.69 Å². The van der Waals surface area contributed by atoms with Crippen molar-refractivity contribution in [3.8, 4) is 0 Å². The zero-order chi connectivity index (χ0) is 15.2. The van der Waals surface area contributed by atoms with Gasteiger partial charge in [-0.05, 0) is 36.6 Å². The van der Waals surface area contributed by atoms with Crippen molar-refractivity contribution in [2.24, 2.45) is 0 Å². The number of carbonyl (C=O) groups excluding carboxylic acids is 1. The van der Waals surface area contributed by atoms with Crippen LogP contribution in [0.4, 0.5) is 5.69 Å². The third-order valence-electron chi connectivity index (χ3n) is 3.23. The molecule has 112 valence electrons. The number of rotatable bonds is 6. The normalized spacial score (nSPS) is 10.6. The number of hydrogen-bond acceptors (Lipinski definition) is 2. The molecule has 21 heavy (non-hydrogen) atoms. The Morgan fingerprint density at radius 2 is 2.05 bits per heavy atom. The molecule has 5 heteroatoms. The number of aryl methyl sites for hydroxylation is 1. The van der Waals surface area contributed by atoms with Gasteiger partial charge in [0, 0.05) is 24.3 Å². The third kappa shape index (κ3) is 4.26. The molecule has 1 amide bonds. The van der Waals surface area contributed by atoms with Crippen LogP contribution in [-0.2, 0) is 13.0 Å². The van der Waals surface area contributed by atoms with Crippen LogP contribution in [0.25, 0.3) is 0 Å². The average Bonchev–Trinajstić information content (AvgIpc) is 2.82. The lowest BCUT2D eigenvalue weighted by molar-refractivity contribution is 0.0944. The van der Waals surface area contributed by atoms with Crippen LogP contribution in [0.15, 0.2) is 36.5 Å². The molecule has 0 saturated heterocycles. The number of hydrogen-bond donors (Lipinski definition) is 2. The van der Waals surface area contributed by atoms with Crippen LogP contribution >= 0.6 is 11.6 Å². The van der Waals surface area contributed by atoms with Crippen LogP contribution in [0.2, 0.25) is 5.02 Å². The number of amides is 1. The van der Waals surface area contributed by atoms with E-state index in [-0.39, 0.29) is 5.91 Å². The molecule has 3 N–H and O–H groups in total. The maximum Gasteiger partial charge on any atom is 0.267 e. The second kappa shape index (κ2) is 7.18. The van der Waals surface area contributed by atoms with Crippen molar-refractivity contribution in [3.05, 3.63) is 52.8 Å². The van der Waals surface area contributed by atoms with Crippen molar-refractivity contribution in [2.75, 3.05) is 12.3 Å². The number of benzene rings is 1. The Hall–Kier alpha value is -1.94. The van der Waals surface area contributed by atoms with E-state index in [1.54, 1.807) is 12.3 Å². The van der Waals surface area contributed by atoms with Crippen molar-refractivity contribution in [3.63, 3.8) is 0 Å². The number of nitrogens with two attached hydrogens (primary N) is 1. The minimum atomic E-state index is -0.0888. The van der Waals surface area contributed by atoms with E-state index < -0.39 is 0 Å². The van der Waals surface area contributed by atoms with Crippen LogP contribution < -0.4 is 11.1 Å². The topological polar surface area (TPSA) is 60.0 Å². The zero-order valence-corrected chi connectivity index (χ0v) is 12.9. The van der Waals surface area contributed by atoms with E-state index in [2.05, 4.69) is 12.2 Å². The standard InChI is InChI=1S/C16H20ClN3O/c1-2-9-20-11-14(18)10-15(20)16(21)19-8-7-12-3-5-13(17)6-4-12/h3-6,10-11H,2,7-9,18H2,1H3,(H,19,21). The van der Waals surface area contributed by atoms with Gasteiger partial charge in [-0.25, -0.2) is 0 Å². The van der Waals surface area contributed by atoms with E-state index in [0.29, 0.717) is 17.9 Å². The van der Waals surface area contributed by atoms with E-state index >= 15 is 0 Å². The Labute approximate surface area is 129 Å². The van der Waals surface area contributed by atoms with Crippen molar-refractivity contribution in [1.29, 1.82) is 0 Å². The first-order valence-corrected chi connectivity index (χ1v) is 7.46. The van der Waals surface area contributed by atoms with Crippen molar-refractivity contribution < 1.29 is 4.79 Å². The highest BCUT2D eigenvalue weighted by Gasteiger charge is 2.11. The first-order chi connectivity index (χ1) is 10.1. The molecule has 1 heterocycles. The summed E-state index contributed by atoms with van der Waals surface area (Å²) in [7, 11) is 0. The monoisotopic (exact) mass is 305 g/mol. The van der Waals surface area contributed by atoms with Crippen LogP contribution in [0, 0.1) is 0 Å². The van der Waals surface area contributed by atoms with Gasteiger partial charge in [-0.2, -0.15) is 0 Å². The molecule has 2 aromatic rings. The highest BCUT2D eigenvalue weighted by Crippen LogP contribution is 2.12. The molecule has 0 aliphatic carbocycles. The Balaban J connectivity index is 1.91. The molecule has 0 unspecified atom stereocenters. The van der Waals surface area contributed by atoms with Gasteiger partial charge in [0.15, 0.2) is 0 Å². The molecule has 0 aliphatic rings. The Morgan fingerprint density at radius 3 is 2.71 bits per heavy atom. The Kier molecular flexibility index (Phi) is 5.28. The van der Waals surface area contributed by atoms with Gasteiger partial charge >= 0.3 is 0 Å². The second-order valence-electron chi connectivity index (χ2n) is 4.98. The number of aromatic nitrogens is 1. The van der Waals surface area contributed by atoms with E-state index in [0.717, 1.165) is 30.0 Å². The number of carbonyl (C=O) groups is 1. The minimum absolute atomic E-state index is 0.0888. The van der Waals surface area contributed by atoms with Gasteiger partial charge in [0.05, 0.1) is 5.69 Å². The third-order valence-corrected chi connectivity index (χ3v) is 3.48. The SMILES string of the molecule is CCCn1cc(N)cc1C(=O)NCCc1ccc(Cl)cc1. The Morgan fingerprint density at radius 1 is 1.33 bits per heavy atom. The number of nitrogen functional groups attached to an aromatic ring is 1. The predicted molar refractivity (Wildman–Crippen MR) is 86.6 cm³/mol. The Bertz CT molecular complexity index is 604. The van der Waals surface area contributed by atoms with Crippen LogP contribution in [0.3, 0.4) is 0 Å². The quantitative estimate of drug-likeness (QED) is 0.861. The zero-order valence-electron chi connectivity index (χ0n) is 12.1. The van der Waals surface area contributed by atoms with Gasteiger partial charge in [0.2, 0.25) is 0 Å². The molecule has 0 fully saturated rings. The van der Waals surface area contributed by atoms with Crippen molar-refractivity contribution in [1.82, 2.24) is 9.88 Å². The summed E-state index contributed by atoms with van der Waals surface area (Å²) in [6.45, 7) is 3.44. The number of nitrogens with zero attached hydrogens (tertiary/aromatic N) is 1. The van der Waals surface area contributed by atoms with Crippen molar-refractivity contribution >= 4 is 23.2 Å². The summed E-state index contributed by atoms with van der Waals surface area (Å²) < 4.78 is 1.90.